The van der Waals surface area contributed by atoms with Crippen molar-refractivity contribution in [2.45, 2.75) is 38.8 Å². The molecule has 1 fully saturated rings. The molecule has 0 saturated carbocycles. The van der Waals surface area contributed by atoms with Crippen molar-refractivity contribution in [1.82, 2.24) is 19.9 Å². The summed E-state index contributed by atoms with van der Waals surface area (Å²) in [5.74, 6) is 0.241. The number of fused-ring (bicyclic) bond motifs is 1. The van der Waals surface area contributed by atoms with Crippen molar-refractivity contribution in [3.8, 4) is 0 Å². The van der Waals surface area contributed by atoms with E-state index in [2.05, 4.69) is 23.8 Å². The second-order valence-electron chi connectivity index (χ2n) is 6.25. The number of rotatable bonds is 6. The molecule has 3 heterocycles. The third-order valence-electron chi connectivity index (χ3n) is 4.81. The summed E-state index contributed by atoms with van der Waals surface area (Å²) in [6, 6.07) is -0.163. The molecule has 0 radical (unpaired) electrons. The molecule has 0 aliphatic carbocycles. The normalized spacial score (nSPS) is 21.5. The predicted octanol–water partition coefficient (Wildman–Crippen LogP) is 1.35. The Hall–Kier alpha value is -1.73. The van der Waals surface area contributed by atoms with E-state index < -0.39 is 0 Å². The van der Waals surface area contributed by atoms with Crippen molar-refractivity contribution in [3.05, 3.63) is 24.0 Å². The van der Waals surface area contributed by atoms with Crippen LogP contribution in [0.1, 0.15) is 37.2 Å². The monoisotopic (exact) mass is 334 g/mol. The van der Waals surface area contributed by atoms with Gasteiger partial charge in [0.1, 0.15) is 11.7 Å². The molecule has 1 saturated heterocycles. The lowest BCUT2D eigenvalue weighted by molar-refractivity contribution is -0.143. The van der Waals surface area contributed by atoms with E-state index in [0.717, 1.165) is 37.2 Å². The van der Waals surface area contributed by atoms with Crippen LogP contribution in [0.25, 0.3) is 0 Å². The number of ether oxygens (including phenoxy) is 2. The van der Waals surface area contributed by atoms with Crippen LogP contribution in [0.15, 0.2) is 12.7 Å². The molecule has 7 nitrogen and oxygen atoms in total. The van der Waals surface area contributed by atoms with Crippen LogP contribution in [0.3, 0.4) is 0 Å². The zero-order valence-electron chi connectivity index (χ0n) is 14.3. The quantitative estimate of drug-likeness (QED) is 0.580. The van der Waals surface area contributed by atoms with Crippen LogP contribution in [-0.4, -0.2) is 58.8 Å². The highest BCUT2D eigenvalue weighted by Gasteiger charge is 2.37. The highest BCUT2D eigenvalue weighted by atomic mass is 16.5. The van der Waals surface area contributed by atoms with Crippen LogP contribution >= 0.6 is 0 Å². The highest BCUT2D eigenvalue weighted by Crippen LogP contribution is 2.31. The molecule has 1 atom stereocenters. The molecule has 24 heavy (non-hydrogen) atoms. The van der Waals surface area contributed by atoms with Gasteiger partial charge in [0.15, 0.2) is 0 Å². The highest BCUT2D eigenvalue weighted by molar-refractivity contribution is 5.79. The molecule has 1 unspecified atom stereocenters. The number of hydrogen-bond donors (Lipinski definition) is 0. The maximum absolute atomic E-state index is 13.0. The molecule has 0 spiro atoms. The first-order valence-electron chi connectivity index (χ1n) is 8.75. The Morgan fingerprint density at radius 2 is 2.25 bits per heavy atom. The van der Waals surface area contributed by atoms with Crippen molar-refractivity contribution in [3.63, 3.8) is 0 Å². The Balaban J connectivity index is 1.81. The molecule has 2 aliphatic rings. The van der Waals surface area contributed by atoms with Gasteiger partial charge in [-0.25, -0.2) is 4.68 Å². The van der Waals surface area contributed by atoms with E-state index in [9.17, 15) is 4.79 Å². The van der Waals surface area contributed by atoms with E-state index >= 15 is 0 Å². The van der Waals surface area contributed by atoms with Crippen molar-refractivity contribution >= 4 is 5.91 Å². The van der Waals surface area contributed by atoms with E-state index in [1.165, 1.54) is 0 Å². The summed E-state index contributed by atoms with van der Waals surface area (Å²) < 4.78 is 13.0. The Labute approximate surface area is 142 Å². The summed E-state index contributed by atoms with van der Waals surface area (Å²) in [6.45, 7) is 9.44. The zero-order valence-corrected chi connectivity index (χ0v) is 14.3. The second kappa shape index (κ2) is 7.90. The van der Waals surface area contributed by atoms with Crippen LogP contribution in [-0.2, 0) is 27.2 Å². The van der Waals surface area contributed by atoms with Gasteiger partial charge in [-0.1, -0.05) is 11.3 Å². The molecule has 7 heteroatoms. The van der Waals surface area contributed by atoms with E-state index in [-0.39, 0.29) is 17.9 Å². The van der Waals surface area contributed by atoms with Crippen LogP contribution in [0.4, 0.5) is 0 Å². The number of carbonyl (C=O) groups excluding carboxylic acids is 1. The molecule has 1 amide bonds. The van der Waals surface area contributed by atoms with Gasteiger partial charge in [0.25, 0.3) is 0 Å². The van der Waals surface area contributed by atoms with Gasteiger partial charge < -0.3 is 14.4 Å². The number of aromatic nitrogens is 3. The standard InChI is InChI=1S/C17H26N4O3/c1-3-9-24-12-15-16-14(21(4-2)19-18-16)5-8-20(15)17(22)13-6-10-23-11-7-13/h3,13,15H,1,4-12H2,2H3. The van der Waals surface area contributed by atoms with Crippen molar-refractivity contribution in [1.29, 1.82) is 0 Å². The van der Waals surface area contributed by atoms with E-state index in [1.807, 2.05) is 9.58 Å². The lowest BCUT2D eigenvalue weighted by Crippen LogP contribution is -2.46. The van der Waals surface area contributed by atoms with E-state index in [4.69, 9.17) is 9.47 Å². The maximum Gasteiger partial charge on any atom is 0.226 e. The van der Waals surface area contributed by atoms with Gasteiger partial charge in [0.2, 0.25) is 5.91 Å². The lowest BCUT2D eigenvalue weighted by Gasteiger charge is -2.37. The Morgan fingerprint density at radius 1 is 1.46 bits per heavy atom. The fourth-order valence-corrected chi connectivity index (χ4v) is 3.52. The minimum atomic E-state index is -0.163. The largest absolute Gasteiger partial charge is 0.381 e. The van der Waals surface area contributed by atoms with Crippen LogP contribution in [0.2, 0.25) is 0 Å². The molecular weight excluding hydrogens is 308 g/mol. The molecule has 0 N–H and O–H groups in total. The minimum absolute atomic E-state index is 0.0448. The number of hydrogen-bond acceptors (Lipinski definition) is 5. The van der Waals surface area contributed by atoms with Gasteiger partial charge in [0.05, 0.1) is 18.9 Å². The van der Waals surface area contributed by atoms with E-state index in [1.54, 1.807) is 6.08 Å². The fourth-order valence-electron chi connectivity index (χ4n) is 3.52. The molecular formula is C17H26N4O3. The molecule has 132 valence electrons. The van der Waals surface area contributed by atoms with Gasteiger partial charge in [0, 0.05) is 38.6 Å². The smallest absolute Gasteiger partial charge is 0.226 e. The fraction of sp³-hybridized carbons (Fsp3) is 0.706. The van der Waals surface area contributed by atoms with Crippen molar-refractivity contribution in [2.24, 2.45) is 5.92 Å². The minimum Gasteiger partial charge on any atom is -0.381 e. The first-order chi connectivity index (χ1) is 11.8. The maximum atomic E-state index is 13.0. The van der Waals surface area contributed by atoms with Crippen LogP contribution in [0, 0.1) is 5.92 Å². The summed E-state index contributed by atoms with van der Waals surface area (Å²) in [7, 11) is 0. The molecule has 1 aromatic heterocycles. The Morgan fingerprint density at radius 3 is 2.96 bits per heavy atom. The van der Waals surface area contributed by atoms with E-state index in [0.29, 0.717) is 33.0 Å². The number of nitrogens with zero attached hydrogens (tertiary/aromatic N) is 4. The Kier molecular flexibility index (Phi) is 5.63. The van der Waals surface area contributed by atoms with Crippen LogP contribution in [0.5, 0.6) is 0 Å². The number of aryl methyl sites for hydroxylation is 1. The number of carbonyl (C=O) groups is 1. The van der Waals surface area contributed by atoms with Crippen molar-refractivity contribution < 1.29 is 14.3 Å². The van der Waals surface area contributed by atoms with Crippen molar-refractivity contribution in [2.75, 3.05) is 33.0 Å². The summed E-state index contributed by atoms with van der Waals surface area (Å²) in [4.78, 5) is 15.0. The van der Waals surface area contributed by atoms with Gasteiger partial charge in [-0.2, -0.15) is 0 Å². The second-order valence-corrected chi connectivity index (χ2v) is 6.25. The first-order valence-corrected chi connectivity index (χ1v) is 8.75. The molecule has 0 aromatic carbocycles. The van der Waals surface area contributed by atoms with Gasteiger partial charge in [-0.3, -0.25) is 4.79 Å². The summed E-state index contributed by atoms with van der Waals surface area (Å²) in [5, 5.41) is 8.59. The third-order valence-corrected chi connectivity index (χ3v) is 4.81. The number of amides is 1. The summed E-state index contributed by atoms with van der Waals surface area (Å²) in [6.07, 6.45) is 4.11. The van der Waals surface area contributed by atoms with Gasteiger partial charge >= 0.3 is 0 Å². The molecule has 1 aromatic rings. The Bertz CT molecular complexity index is 580. The molecule has 0 bridgehead atoms. The molecule has 3 rings (SSSR count). The predicted molar refractivity (Wildman–Crippen MR) is 88.4 cm³/mol. The van der Waals surface area contributed by atoms with Gasteiger partial charge in [-0.05, 0) is 19.8 Å². The SMILES string of the molecule is C=CCOCC1c2nnn(CC)c2CCN1C(=O)C1CCOCC1. The topological polar surface area (TPSA) is 69.5 Å². The lowest BCUT2D eigenvalue weighted by atomic mass is 9.95. The first kappa shape index (κ1) is 17.1. The van der Waals surface area contributed by atoms with Gasteiger partial charge in [-0.15, -0.1) is 11.7 Å². The van der Waals surface area contributed by atoms with Crippen LogP contribution < -0.4 is 0 Å². The molecule has 2 aliphatic heterocycles. The average molecular weight is 334 g/mol. The third kappa shape index (κ3) is 3.37. The zero-order chi connectivity index (χ0) is 16.9. The summed E-state index contributed by atoms with van der Waals surface area (Å²) in [5.41, 5.74) is 2.01. The average Bonchev–Trinajstić information content (AvgIpc) is 3.05. The summed E-state index contributed by atoms with van der Waals surface area (Å²) >= 11 is 0.